The first-order valence-electron chi connectivity index (χ1n) is 12.5. The summed E-state index contributed by atoms with van der Waals surface area (Å²) in [6.07, 6.45) is 21.8. The Balaban J connectivity index is 1.37. The van der Waals surface area contributed by atoms with Gasteiger partial charge in [-0.05, 0) is 56.3 Å². The maximum Gasteiger partial charge on any atom is 0.303 e. The smallest absolute Gasteiger partial charge is 0.303 e. The van der Waals surface area contributed by atoms with Gasteiger partial charge in [0.2, 0.25) is 0 Å². The number of carbonyl (C=O) groups is 1. The minimum absolute atomic E-state index is 0.150. The van der Waals surface area contributed by atoms with Crippen molar-refractivity contribution in [1.82, 2.24) is 0 Å². The number of rotatable bonds is 11. The van der Waals surface area contributed by atoms with Gasteiger partial charge >= 0.3 is 5.97 Å². The number of hydrogen-bond donors (Lipinski definition) is 3. The van der Waals surface area contributed by atoms with Crippen LogP contribution in [0.15, 0.2) is 23.8 Å². The summed E-state index contributed by atoms with van der Waals surface area (Å²) in [5.41, 5.74) is 1.43. The van der Waals surface area contributed by atoms with Crippen molar-refractivity contribution in [3.8, 4) is 0 Å². The maximum absolute atomic E-state index is 10.6. The van der Waals surface area contributed by atoms with E-state index >= 15 is 0 Å². The first-order chi connectivity index (χ1) is 14.5. The Hall–Kier alpha value is -1.13. The standard InChI is InChI=1S/C26H42O4/c27-22(12-6-4-10-19-8-2-1-3-9-19)14-15-23-24-17-20(11-5-7-13-26(29)30)16-21(24)18-25(23)28/h11,14-15,19,21-25,27-28H,1-10,12-13,16-18H2,(H,29,30)/b15-14+,20-11+/t21-,22-,23-,24+,25-/m1/s1. The summed E-state index contributed by atoms with van der Waals surface area (Å²) < 4.78 is 0. The molecular weight excluding hydrogens is 376 g/mol. The van der Waals surface area contributed by atoms with Crippen molar-refractivity contribution in [2.24, 2.45) is 23.7 Å². The fourth-order valence-electron chi connectivity index (χ4n) is 6.11. The lowest BCUT2D eigenvalue weighted by Crippen LogP contribution is -2.17. The third-order valence-corrected chi connectivity index (χ3v) is 7.78. The molecule has 4 heteroatoms. The SMILES string of the molecule is O=C(O)CCC/C=C1\C[C@@H]2C[C@@H](O)[C@H](/C=C/[C@H](O)CCCCC3CCCCC3)[C@H]2C1. The molecule has 0 heterocycles. The lowest BCUT2D eigenvalue weighted by atomic mass is 9.85. The molecule has 0 aromatic carbocycles. The van der Waals surface area contributed by atoms with Gasteiger partial charge < -0.3 is 15.3 Å². The number of aliphatic hydroxyl groups excluding tert-OH is 2. The van der Waals surface area contributed by atoms with Gasteiger partial charge in [-0.15, -0.1) is 0 Å². The van der Waals surface area contributed by atoms with Crippen LogP contribution in [0.3, 0.4) is 0 Å². The van der Waals surface area contributed by atoms with Crippen LogP contribution >= 0.6 is 0 Å². The summed E-state index contributed by atoms with van der Waals surface area (Å²) >= 11 is 0. The molecule has 0 spiro atoms. The van der Waals surface area contributed by atoms with Gasteiger partial charge in [0.25, 0.3) is 0 Å². The molecule has 3 aliphatic rings. The predicted molar refractivity (Wildman–Crippen MR) is 120 cm³/mol. The number of fused-ring (bicyclic) bond motifs is 1. The van der Waals surface area contributed by atoms with Crippen molar-refractivity contribution < 1.29 is 20.1 Å². The monoisotopic (exact) mass is 418 g/mol. The fourth-order valence-corrected chi connectivity index (χ4v) is 6.11. The van der Waals surface area contributed by atoms with Gasteiger partial charge in [-0.2, -0.15) is 0 Å². The van der Waals surface area contributed by atoms with Crippen LogP contribution in [0, 0.1) is 23.7 Å². The van der Waals surface area contributed by atoms with E-state index < -0.39 is 12.1 Å². The zero-order chi connectivity index (χ0) is 21.3. The van der Waals surface area contributed by atoms with Crippen molar-refractivity contribution in [2.75, 3.05) is 0 Å². The molecule has 0 aromatic rings. The van der Waals surface area contributed by atoms with Crippen LogP contribution in [0.2, 0.25) is 0 Å². The van der Waals surface area contributed by atoms with Gasteiger partial charge in [0.15, 0.2) is 0 Å². The molecule has 5 atom stereocenters. The molecule has 0 saturated heterocycles. The van der Waals surface area contributed by atoms with Crippen LogP contribution in [-0.2, 0) is 4.79 Å². The molecule has 0 amide bonds. The minimum Gasteiger partial charge on any atom is -0.481 e. The van der Waals surface area contributed by atoms with Crippen molar-refractivity contribution in [3.05, 3.63) is 23.8 Å². The number of unbranched alkanes of at least 4 members (excludes halogenated alkanes) is 2. The molecule has 3 fully saturated rings. The Morgan fingerprint density at radius 1 is 1.10 bits per heavy atom. The van der Waals surface area contributed by atoms with Gasteiger partial charge in [0.05, 0.1) is 12.2 Å². The highest BCUT2D eigenvalue weighted by molar-refractivity contribution is 5.66. The Labute approximate surface area is 182 Å². The van der Waals surface area contributed by atoms with E-state index in [1.54, 1.807) is 0 Å². The predicted octanol–water partition coefficient (Wildman–Crippen LogP) is 5.63. The minimum atomic E-state index is -0.724. The molecule has 0 aromatic heterocycles. The van der Waals surface area contributed by atoms with E-state index in [1.165, 1.54) is 50.5 Å². The molecule has 4 nitrogen and oxygen atoms in total. The quantitative estimate of drug-likeness (QED) is 0.300. The van der Waals surface area contributed by atoms with Gasteiger partial charge in [0.1, 0.15) is 0 Å². The van der Waals surface area contributed by atoms with E-state index in [9.17, 15) is 15.0 Å². The normalized spacial score (nSPS) is 32.1. The Kier molecular flexibility index (Phi) is 9.45. The second-order valence-electron chi connectivity index (χ2n) is 10.1. The summed E-state index contributed by atoms with van der Waals surface area (Å²) in [7, 11) is 0. The van der Waals surface area contributed by atoms with Crippen molar-refractivity contribution >= 4 is 5.97 Å². The molecular formula is C26H42O4. The average molecular weight is 419 g/mol. The summed E-state index contributed by atoms with van der Waals surface area (Å²) in [4.78, 5) is 10.6. The molecule has 3 rings (SSSR count). The van der Waals surface area contributed by atoms with Crippen LogP contribution in [0.25, 0.3) is 0 Å². The first kappa shape index (κ1) is 23.5. The van der Waals surface area contributed by atoms with Crippen LogP contribution < -0.4 is 0 Å². The summed E-state index contributed by atoms with van der Waals surface area (Å²) in [6, 6.07) is 0. The molecule has 0 unspecified atom stereocenters. The first-order valence-corrected chi connectivity index (χ1v) is 12.5. The van der Waals surface area contributed by atoms with Gasteiger partial charge in [0, 0.05) is 12.3 Å². The summed E-state index contributed by atoms with van der Waals surface area (Å²) in [6.45, 7) is 0. The molecule has 0 bridgehead atoms. The number of carboxylic acid groups (broad SMARTS) is 1. The second-order valence-corrected chi connectivity index (χ2v) is 10.1. The average Bonchev–Trinajstić information content (AvgIpc) is 3.24. The molecule has 170 valence electrons. The summed E-state index contributed by atoms with van der Waals surface area (Å²) in [5.74, 6) is 1.36. The lowest BCUT2D eigenvalue weighted by Gasteiger charge is -2.21. The van der Waals surface area contributed by atoms with Crippen molar-refractivity contribution in [1.29, 1.82) is 0 Å². The van der Waals surface area contributed by atoms with Crippen LogP contribution in [-0.4, -0.2) is 33.5 Å². The number of allylic oxidation sites excluding steroid dienone is 2. The third-order valence-electron chi connectivity index (χ3n) is 7.78. The van der Waals surface area contributed by atoms with Crippen LogP contribution in [0.1, 0.15) is 96.3 Å². The molecule has 3 aliphatic carbocycles. The highest BCUT2D eigenvalue weighted by atomic mass is 16.4. The van der Waals surface area contributed by atoms with E-state index in [-0.39, 0.29) is 18.4 Å². The van der Waals surface area contributed by atoms with Gasteiger partial charge in [-0.3, -0.25) is 4.79 Å². The van der Waals surface area contributed by atoms with Crippen molar-refractivity contribution in [2.45, 2.75) is 109 Å². The summed E-state index contributed by atoms with van der Waals surface area (Å²) in [5, 5.41) is 29.7. The molecule has 0 aliphatic heterocycles. The second kappa shape index (κ2) is 12.0. The Morgan fingerprint density at radius 3 is 2.67 bits per heavy atom. The number of carboxylic acids is 1. The molecule has 30 heavy (non-hydrogen) atoms. The van der Waals surface area contributed by atoms with E-state index in [2.05, 4.69) is 12.2 Å². The topological polar surface area (TPSA) is 77.8 Å². The number of aliphatic carboxylic acids is 1. The van der Waals surface area contributed by atoms with E-state index in [0.29, 0.717) is 18.3 Å². The van der Waals surface area contributed by atoms with E-state index in [1.807, 2.05) is 6.08 Å². The number of hydrogen-bond acceptors (Lipinski definition) is 3. The van der Waals surface area contributed by atoms with E-state index in [4.69, 9.17) is 5.11 Å². The highest BCUT2D eigenvalue weighted by Crippen LogP contribution is 2.50. The Bertz CT molecular complexity index is 590. The maximum atomic E-state index is 10.6. The highest BCUT2D eigenvalue weighted by Gasteiger charge is 2.44. The van der Waals surface area contributed by atoms with Gasteiger partial charge in [-0.25, -0.2) is 0 Å². The molecule has 0 radical (unpaired) electrons. The van der Waals surface area contributed by atoms with Gasteiger partial charge in [-0.1, -0.05) is 75.2 Å². The lowest BCUT2D eigenvalue weighted by molar-refractivity contribution is -0.137. The van der Waals surface area contributed by atoms with Crippen LogP contribution in [0.5, 0.6) is 0 Å². The Morgan fingerprint density at radius 2 is 1.90 bits per heavy atom. The zero-order valence-corrected chi connectivity index (χ0v) is 18.6. The zero-order valence-electron chi connectivity index (χ0n) is 18.6. The van der Waals surface area contributed by atoms with Crippen LogP contribution in [0.4, 0.5) is 0 Å². The van der Waals surface area contributed by atoms with E-state index in [0.717, 1.165) is 44.4 Å². The fraction of sp³-hybridized carbons (Fsp3) is 0.808. The third kappa shape index (κ3) is 7.23. The molecule has 3 saturated carbocycles. The van der Waals surface area contributed by atoms with Crippen molar-refractivity contribution in [3.63, 3.8) is 0 Å². The molecule has 3 N–H and O–H groups in total. The largest absolute Gasteiger partial charge is 0.481 e. The number of aliphatic hydroxyl groups is 2.